The summed E-state index contributed by atoms with van der Waals surface area (Å²) in [5.74, 6) is 2.60. The van der Waals surface area contributed by atoms with Gasteiger partial charge in [-0.15, -0.1) is 0 Å². The standard InChI is InChI=1S/C14H13F3N2O2/c1-2-9(18)7-8-19-11-6-4-3-5-10(11)12(14(15,16)17)21-13(19)20/h3-6,9,12H,2,18H2,1H3. The second-order valence-electron chi connectivity index (χ2n) is 4.47. The molecule has 0 spiro atoms. The fourth-order valence-electron chi connectivity index (χ4n) is 1.83. The van der Waals surface area contributed by atoms with Crippen molar-refractivity contribution in [2.24, 2.45) is 5.73 Å². The Kier molecular flexibility index (Phi) is 4.09. The molecule has 1 heterocycles. The number of para-hydroxylation sites is 1. The van der Waals surface area contributed by atoms with Gasteiger partial charge in [0.15, 0.2) is 0 Å². The van der Waals surface area contributed by atoms with Crippen LogP contribution in [0.3, 0.4) is 0 Å². The van der Waals surface area contributed by atoms with Gasteiger partial charge in [0.05, 0.1) is 11.7 Å². The highest BCUT2D eigenvalue weighted by Crippen LogP contribution is 2.43. The van der Waals surface area contributed by atoms with E-state index >= 15 is 0 Å². The summed E-state index contributed by atoms with van der Waals surface area (Å²) in [4.78, 5) is 12.6. The number of alkyl halides is 3. The number of nitrogens with two attached hydrogens (primary N) is 1. The first-order chi connectivity index (χ1) is 9.84. The molecule has 0 aromatic heterocycles. The highest BCUT2D eigenvalue weighted by atomic mass is 19.4. The van der Waals surface area contributed by atoms with E-state index in [0.29, 0.717) is 6.42 Å². The Labute approximate surface area is 119 Å². The Morgan fingerprint density at radius 3 is 2.71 bits per heavy atom. The van der Waals surface area contributed by atoms with Crippen molar-refractivity contribution in [2.45, 2.75) is 31.7 Å². The summed E-state index contributed by atoms with van der Waals surface area (Å²) in [7, 11) is 0. The van der Waals surface area contributed by atoms with Crippen LogP contribution in [0.15, 0.2) is 24.3 Å². The molecule has 1 aromatic carbocycles. The highest BCUT2D eigenvalue weighted by molar-refractivity contribution is 5.94. The Morgan fingerprint density at radius 2 is 2.10 bits per heavy atom. The molecule has 112 valence electrons. The molecule has 2 unspecified atom stereocenters. The number of benzene rings is 1. The maximum Gasteiger partial charge on any atom is 0.430 e. The molecule has 4 nitrogen and oxygen atoms in total. The van der Waals surface area contributed by atoms with Crippen LogP contribution in [0.1, 0.15) is 25.0 Å². The predicted molar refractivity (Wildman–Crippen MR) is 70.2 cm³/mol. The van der Waals surface area contributed by atoms with E-state index in [2.05, 4.69) is 16.7 Å². The number of anilines is 1. The van der Waals surface area contributed by atoms with E-state index in [1.807, 2.05) is 6.92 Å². The van der Waals surface area contributed by atoms with Crippen LogP contribution >= 0.6 is 0 Å². The first-order valence-corrected chi connectivity index (χ1v) is 6.27. The van der Waals surface area contributed by atoms with Gasteiger partial charge in [-0.05, 0) is 12.5 Å². The number of ether oxygens (including phenoxy) is 1. The molecule has 0 fully saturated rings. The van der Waals surface area contributed by atoms with Crippen molar-refractivity contribution < 1.29 is 22.7 Å². The molecule has 0 saturated heterocycles. The van der Waals surface area contributed by atoms with Gasteiger partial charge >= 0.3 is 12.3 Å². The van der Waals surface area contributed by atoms with Crippen molar-refractivity contribution in [3.05, 3.63) is 29.8 Å². The van der Waals surface area contributed by atoms with Crippen LogP contribution in [0.25, 0.3) is 0 Å². The summed E-state index contributed by atoms with van der Waals surface area (Å²) in [6.07, 6.45) is -7.56. The zero-order valence-electron chi connectivity index (χ0n) is 11.1. The molecule has 0 saturated carbocycles. The number of fused-ring (bicyclic) bond motifs is 1. The van der Waals surface area contributed by atoms with Crippen LogP contribution in [0.4, 0.5) is 23.7 Å². The van der Waals surface area contributed by atoms with Crippen molar-refractivity contribution in [3.8, 4) is 12.0 Å². The molecular weight excluding hydrogens is 285 g/mol. The zero-order chi connectivity index (χ0) is 15.6. The third kappa shape index (κ3) is 3.11. The van der Waals surface area contributed by atoms with Crippen LogP contribution in [0.2, 0.25) is 0 Å². The monoisotopic (exact) mass is 298 g/mol. The SMILES string of the molecule is CCC(N)C#CN1C(=O)OC(C(F)(F)F)c2ccccc21. The van der Waals surface area contributed by atoms with E-state index in [4.69, 9.17) is 5.73 Å². The minimum atomic E-state index is -4.68. The molecule has 0 aliphatic carbocycles. The first kappa shape index (κ1) is 15.2. The summed E-state index contributed by atoms with van der Waals surface area (Å²) in [6.45, 7) is 1.81. The average Bonchev–Trinajstić information content (AvgIpc) is 2.44. The lowest BCUT2D eigenvalue weighted by Crippen LogP contribution is -2.39. The Balaban J connectivity index is 2.45. The number of carbonyl (C=O) groups excluding carboxylic acids is 1. The zero-order valence-corrected chi connectivity index (χ0v) is 11.1. The van der Waals surface area contributed by atoms with Crippen LogP contribution in [-0.2, 0) is 4.74 Å². The van der Waals surface area contributed by atoms with Crippen LogP contribution < -0.4 is 10.6 Å². The number of halogens is 3. The van der Waals surface area contributed by atoms with Gasteiger partial charge in [-0.2, -0.15) is 13.2 Å². The molecule has 1 aliphatic rings. The maximum absolute atomic E-state index is 12.9. The van der Waals surface area contributed by atoms with E-state index in [1.165, 1.54) is 24.3 Å². The van der Waals surface area contributed by atoms with Gasteiger partial charge in [-0.1, -0.05) is 31.0 Å². The lowest BCUT2D eigenvalue weighted by molar-refractivity contribution is -0.206. The van der Waals surface area contributed by atoms with Gasteiger partial charge in [0.2, 0.25) is 6.10 Å². The number of amides is 1. The van der Waals surface area contributed by atoms with Crippen molar-refractivity contribution in [1.82, 2.24) is 0 Å². The van der Waals surface area contributed by atoms with Crippen molar-refractivity contribution in [2.75, 3.05) is 4.90 Å². The van der Waals surface area contributed by atoms with E-state index in [-0.39, 0.29) is 11.3 Å². The lowest BCUT2D eigenvalue weighted by Gasteiger charge is -2.31. The molecular formula is C14H13F3N2O2. The summed E-state index contributed by atoms with van der Waals surface area (Å²) in [6, 6.07) is 7.62. The Bertz CT molecular complexity index is 604. The van der Waals surface area contributed by atoms with Crippen LogP contribution in [0.5, 0.6) is 0 Å². The molecule has 1 aliphatic heterocycles. The van der Waals surface area contributed by atoms with E-state index in [0.717, 1.165) is 4.90 Å². The number of cyclic esters (lactones) is 1. The fourth-order valence-corrected chi connectivity index (χ4v) is 1.83. The molecule has 1 aromatic rings. The number of hydrogen-bond acceptors (Lipinski definition) is 3. The minimum absolute atomic E-state index is 0.0619. The Hall–Kier alpha value is -2.20. The van der Waals surface area contributed by atoms with Gasteiger partial charge in [0.1, 0.15) is 0 Å². The maximum atomic E-state index is 12.9. The summed E-state index contributed by atoms with van der Waals surface area (Å²) >= 11 is 0. The Morgan fingerprint density at radius 1 is 1.43 bits per heavy atom. The minimum Gasteiger partial charge on any atom is -0.430 e. The van der Waals surface area contributed by atoms with E-state index < -0.39 is 24.4 Å². The molecule has 7 heteroatoms. The predicted octanol–water partition coefficient (Wildman–Crippen LogP) is 2.94. The van der Waals surface area contributed by atoms with Crippen molar-refractivity contribution in [3.63, 3.8) is 0 Å². The molecule has 1 amide bonds. The number of hydrogen-bond donors (Lipinski definition) is 1. The van der Waals surface area contributed by atoms with E-state index in [9.17, 15) is 18.0 Å². The van der Waals surface area contributed by atoms with Crippen molar-refractivity contribution >= 4 is 11.8 Å². The third-order valence-electron chi connectivity index (χ3n) is 2.96. The molecule has 0 radical (unpaired) electrons. The molecule has 2 rings (SSSR count). The average molecular weight is 298 g/mol. The summed E-state index contributed by atoms with van der Waals surface area (Å²) in [5.41, 5.74) is 5.53. The van der Waals surface area contributed by atoms with Crippen molar-refractivity contribution in [1.29, 1.82) is 0 Å². The first-order valence-electron chi connectivity index (χ1n) is 6.27. The molecule has 2 N–H and O–H groups in total. The number of rotatable bonds is 1. The fraction of sp³-hybridized carbons (Fsp3) is 0.357. The second kappa shape index (κ2) is 5.66. The normalized spacial score (nSPS) is 19.2. The topological polar surface area (TPSA) is 55.6 Å². The van der Waals surface area contributed by atoms with Gasteiger partial charge in [0, 0.05) is 11.6 Å². The summed E-state index contributed by atoms with van der Waals surface area (Å²) in [5, 5.41) is 0. The smallest absolute Gasteiger partial charge is 0.430 e. The third-order valence-corrected chi connectivity index (χ3v) is 2.96. The quantitative estimate of drug-likeness (QED) is 0.811. The molecule has 2 atom stereocenters. The lowest BCUT2D eigenvalue weighted by atomic mass is 10.0. The van der Waals surface area contributed by atoms with Crippen LogP contribution in [0, 0.1) is 12.0 Å². The van der Waals surface area contributed by atoms with E-state index in [1.54, 1.807) is 0 Å². The largest absolute Gasteiger partial charge is 0.430 e. The van der Waals surface area contributed by atoms with Gasteiger partial charge in [-0.25, -0.2) is 9.69 Å². The van der Waals surface area contributed by atoms with Gasteiger partial charge in [0.25, 0.3) is 0 Å². The second-order valence-corrected chi connectivity index (χ2v) is 4.47. The molecule has 0 bridgehead atoms. The number of carbonyl (C=O) groups is 1. The molecule has 21 heavy (non-hydrogen) atoms. The van der Waals surface area contributed by atoms with Gasteiger partial charge < -0.3 is 10.5 Å². The number of nitrogens with zero attached hydrogens (tertiary/aromatic N) is 1. The highest BCUT2D eigenvalue weighted by Gasteiger charge is 2.49. The van der Waals surface area contributed by atoms with Gasteiger partial charge in [-0.3, -0.25) is 0 Å². The summed E-state index contributed by atoms with van der Waals surface area (Å²) < 4.78 is 43.3. The van der Waals surface area contributed by atoms with Crippen LogP contribution in [-0.4, -0.2) is 18.3 Å².